The fraction of sp³-hybridized carbons (Fsp3) is 0.167. The van der Waals surface area contributed by atoms with E-state index in [4.69, 9.17) is 9.15 Å². The van der Waals surface area contributed by atoms with E-state index in [1.54, 1.807) is 54.6 Å². The van der Waals surface area contributed by atoms with Gasteiger partial charge < -0.3 is 14.5 Å². The number of ether oxygens (including phenoxy) is 1. The first-order valence-electron chi connectivity index (χ1n) is 9.69. The molecule has 0 saturated heterocycles. The summed E-state index contributed by atoms with van der Waals surface area (Å²) >= 11 is 0. The van der Waals surface area contributed by atoms with E-state index in [2.05, 4.69) is 5.32 Å². The Morgan fingerprint density at radius 2 is 1.77 bits per heavy atom. The molecule has 1 amide bonds. The number of carbonyl (C=O) groups is 2. The van der Waals surface area contributed by atoms with Gasteiger partial charge in [-0.25, -0.2) is 9.18 Å². The molecule has 1 N–H and O–H groups in total. The Balaban J connectivity index is 1.45. The Morgan fingerprint density at radius 3 is 2.50 bits per heavy atom. The monoisotopic (exact) mass is 405 g/mol. The van der Waals surface area contributed by atoms with Crippen LogP contribution in [0.25, 0.3) is 17.4 Å². The molecule has 0 spiro atoms. The molecule has 1 atom stereocenters. The molecule has 2 aromatic carbocycles. The molecule has 1 fully saturated rings. The Bertz CT molecular complexity index is 1070. The Kier molecular flexibility index (Phi) is 5.75. The molecule has 1 aliphatic carbocycles. The minimum absolute atomic E-state index is 0.151. The van der Waals surface area contributed by atoms with E-state index in [-0.39, 0.29) is 11.9 Å². The van der Waals surface area contributed by atoms with Gasteiger partial charge in [-0.15, -0.1) is 0 Å². The van der Waals surface area contributed by atoms with Crippen molar-refractivity contribution in [3.63, 3.8) is 0 Å². The first-order valence-corrected chi connectivity index (χ1v) is 9.69. The second-order valence-corrected chi connectivity index (χ2v) is 7.03. The first kappa shape index (κ1) is 19.6. The smallest absolute Gasteiger partial charge is 0.332 e. The molecule has 1 saturated carbocycles. The van der Waals surface area contributed by atoms with Crippen molar-refractivity contribution in [2.75, 3.05) is 0 Å². The minimum atomic E-state index is -1.03. The number of rotatable bonds is 7. The molecule has 0 unspecified atom stereocenters. The van der Waals surface area contributed by atoms with Gasteiger partial charge in [0, 0.05) is 17.7 Å². The van der Waals surface area contributed by atoms with Crippen molar-refractivity contribution in [1.29, 1.82) is 0 Å². The van der Waals surface area contributed by atoms with Crippen LogP contribution in [0.15, 0.2) is 77.2 Å². The molecule has 1 heterocycles. The highest BCUT2D eigenvalue weighted by atomic mass is 19.1. The standard InChI is InChI=1S/C24H20FNO4/c25-20-9-5-4-8-19(20)21-14-12-18(29-21)13-15-22(27)30-23(16-6-2-1-3-7-16)24(28)26-17-10-11-17/h1-9,12-15,17,23H,10-11H2,(H,26,28)/b15-13+/t23-/m1/s1. The maximum absolute atomic E-state index is 13.9. The summed E-state index contributed by atoms with van der Waals surface area (Å²) in [4.78, 5) is 24.9. The summed E-state index contributed by atoms with van der Waals surface area (Å²) in [6.07, 6.45) is 3.45. The molecule has 152 valence electrons. The first-order chi connectivity index (χ1) is 14.6. The summed E-state index contributed by atoms with van der Waals surface area (Å²) in [5.74, 6) is -0.700. The molecule has 6 heteroatoms. The zero-order chi connectivity index (χ0) is 20.9. The molecule has 0 bridgehead atoms. The fourth-order valence-corrected chi connectivity index (χ4v) is 2.96. The van der Waals surface area contributed by atoms with Crippen molar-refractivity contribution in [2.45, 2.75) is 25.0 Å². The van der Waals surface area contributed by atoms with Crippen LogP contribution in [0.2, 0.25) is 0 Å². The molecule has 1 aliphatic rings. The van der Waals surface area contributed by atoms with E-state index >= 15 is 0 Å². The van der Waals surface area contributed by atoms with Crippen LogP contribution in [-0.4, -0.2) is 17.9 Å². The average molecular weight is 405 g/mol. The lowest BCUT2D eigenvalue weighted by Crippen LogP contribution is -2.33. The summed E-state index contributed by atoms with van der Waals surface area (Å²) in [6, 6.07) is 18.5. The molecule has 1 aromatic heterocycles. The van der Waals surface area contributed by atoms with E-state index in [0.717, 1.165) is 12.8 Å². The summed E-state index contributed by atoms with van der Waals surface area (Å²) in [5.41, 5.74) is 0.929. The number of nitrogens with one attached hydrogen (secondary N) is 1. The number of amides is 1. The van der Waals surface area contributed by atoms with Crippen LogP contribution in [0.3, 0.4) is 0 Å². The molecule has 3 aromatic rings. The van der Waals surface area contributed by atoms with Gasteiger partial charge in [0.2, 0.25) is 6.10 Å². The average Bonchev–Trinajstić information content (AvgIpc) is 3.45. The van der Waals surface area contributed by atoms with Gasteiger partial charge in [0.05, 0.1) is 5.56 Å². The second kappa shape index (κ2) is 8.78. The maximum atomic E-state index is 13.9. The third-order valence-electron chi connectivity index (χ3n) is 4.65. The molecular weight excluding hydrogens is 385 g/mol. The highest BCUT2D eigenvalue weighted by molar-refractivity contribution is 5.91. The predicted molar refractivity (Wildman–Crippen MR) is 110 cm³/mol. The number of furan rings is 1. The van der Waals surface area contributed by atoms with Crippen LogP contribution in [0.4, 0.5) is 4.39 Å². The van der Waals surface area contributed by atoms with Crippen molar-refractivity contribution >= 4 is 18.0 Å². The normalized spacial score (nSPS) is 14.4. The SMILES string of the molecule is O=C(/C=C/c1ccc(-c2ccccc2F)o1)O[C@@H](C(=O)NC1CC1)c1ccccc1. The van der Waals surface area contributed by atoms with E-state index in [0.29, 0.717) is 22.6 Å². The number of hydrogen-bond acceptors (Lipinski definition) is 4. The lowest BCUT2D eigenvalue weighted by molar-refractivity contribution is -0.151. The number of esters is 1. The molecule has 4 rings (SSSR count). The zero-order valence-electron chi connectivity index (χ0n) is 16.1. The summed E-state index contributed by atoms with van der Waals surface area (Å²) < 4.78 is 24.9. The quantitative estimate of drug-likeness (QED) is 0.458. The van der Waals surface area contributed by atoms with Gasteiger partial charge in [-0.05, 0) is 43.2 Å². The van der Waals surface area contributed by atoms with Crippen molar-refractivity contribution in [2.24, 2.45) is 0 Å². The maximum Gasteiger partial charge on any atom is 0.332 e. The van der Waals surface area contributed by atoms with Crippen molar-refractivity contribution in [3.05, 3.63) is 89.9 Å². The molecular formula is C24H20FNO4. The largest absolute Gasteiger partial charge is 0.457 e. The van der Waals surface area contributed by atoms with Crippen LogP contribution in [-0.2, 0) is 14.3 Å². The summed E-state index contributed by atoms with van der Waals surface area (Å²) in [5, 5.41) is 2.86. The molecule has 30 heavy (non-hydrogen) atoms. The minimum Gasteiger partial charge on any atom is -0.457 e. The Hall–Kier alpha value is -3.67. The highest BCUT2D eigenvalue weighted by Crippen LogP contribution is 2.26. The van der Waals surface area contributed by atoms with Gasteiger partial charge >= 0.3 is 5.97 Å². The molecule has 0 aliphatic heterocycles. The lowest BCUT2D eigenvalue weighted by atomic mass is 10.1. The second-order valence-electron chi connectivity index (χ2n) is 7.03. The summed E-state index contributed by atoms with van der Waals surface area (Å²) in [7, 11) is 0. The van der Waals surface area contributed by atoms with E-state index in [1.807, 2.05) is 6.07 Å². The van der Waals surface area contributed by atoms with Crippen LogP contribution in [0, 0.1) is 5.82 Å². The topological polar surface area (TPSA) is 68.5 Å². The fourth-order valence-electron chi connectivity index (χ4n) is 2.96. The zero-order valence-corrected chi connectivity index (χ0v) is 16.1. The number of carbonyl (C=O) groups excluding carboxylic acids is 2. The number of halogens is 1. The van der Waals surface area contributed by atoms with Gasteiger partial charge in [-0.1, -0.05) is 42.5 Å². The van der Waals surface area contributed by atoms with Gasteiger partial charge in [-0.2, -0.15) is 0 Å². The van der Waals surface area contributed by atoms with E-state index < -0.39 is 17.9 Å². The van der Waals surface area contributed by atoms with Gasteiger partial charge in [-0.3, -0.25) is 4.79 Å². The van der Waals surface area contributed by atoms with Gasteiger partial charge in [0.1, 0.15) is 17.3 Å². The Labute approximate surface area is 173 Å². The number of benzene rings is 2. The number of hydrogen-bond donors (Lipinski definition) is 1. The van der Waals surface area contributed by atoms with E-state index in [9.17, 15) is 14.0 Å². The molecule has 5 nitrogen and oxygen atoms in total. The van der Waals surface area contributed by atoms with Crippen LogP contribution in [0.5, 0.6) is 0 Å². The van der Waals surface area contributed by atoms with Crippen molar-refractivity contribution in [3.8, 4) is 11.3 Å². The van der Waals surface area contributed by atoms with Gasteiger partial charge in [0.25, 0.3) is 5.91 Å². The van der Waals surface area contributed by atoms with Crippen LogP contribution >= 0.6 is 0 Å². The summed E-state index contributed by atoms with van der Waals surface area (Å²) in [6.45, 7) is 0. The Morgan fingerprint density at radius 1 is 1.03 bits per heavy atom. The predicted octanol–water partition coefficient (Wildman–Crippen LogP) is 4.66. The highest BCUT2D eigenvalue weighted by Gasteiger charge is 2.30. The van der Waals surface area contributed by atoms with Crippen LogP contribution < -0.4 is 5.32 Å². The van der Waals surface area contributed by atoms with E-state index in [1.165, 1.54) is 18.2 Å². The third kappa shape index (κ3) is 4.84. The lowest BCUT2D eigenvalue weighted by Gasteiger charge is -2.17. The third-order valence-corrected chi connectivity index (χ3v) is 4.65. The molecule has 0 radical (unpaired) electrons. The van der Waals surface area contributed by atoms with Gasteiger partial charge in [0.15, 0.2) is 0 Å². The van der Waals surface area contributed by atoms with Crippen molar-refractivity contribution < 1.29 is 23.1 Å². The van der Waals surface area contributed by atoms with Crippen molar-refractivity contribution in [1.82, 2.24) is 5.32 Å². The van der Waals surface area contributed by atoms with Crippen LogP contribution in [0.1, 0.15) is 30.3 Å².